The summed E-state index contributed by atoms with van der Waals surface area (Å²) in [5.41, 5.74) is -5.23. The van der Waals surface area contributed by atoms with E-state index in [1.807, 2.05) is 0 Å². The number of methoxy groups -OCH3 is 2. The molecule has 4 unspecified atom stereocenters. The van der Waals surface area contributed by atoms with Gasteiger partial charge in [0.1, 0.15) is 12.2 Å². The summed E-state index contributed by atoms with van der Waals surface area (Å²) in [6, 6.07) is 0. The molecule has 0 amide bonds. The predicted octanol–water partition coefficient (Wildman–Crippen LogP) is 1.60. The minimum atomic E-state index is -1.63. The SMILES string of the molecule is C.CO[C@H]1C(=O)O[C@H]2O[C@]34C(=O)OC5C[C@@H](C(C)(C)C)C21C53CC1OC(=O)[C@@H](C)[C@@]14OC. The van der Waals surface area contributed by atoms with Crippen LogP contribution in [0.15, 0.2) is 0 Å². The molecule has 0 aromatic heterocycles. The number of esters is 3. The van der Waals surface area contributed by atoms with Gasteiger partial charge in [0.05, 0.1) is 16.7 Å². The molecule has 9 heteroatoms. The summed E-state index contributed by atoms with van der Waals surface area (Å²) < 4.78 is 35.9. The van der Waals surface area contributed by atoms with Gasteiger partial charge in [-0.1, -0.05) is 28.2 Å². The maximum Gasteiger partial charge on any atom is 0.342 e. The maximum atomic E-state index is 13.7. The number of carbonyl (C=O) groups excluding carboxylic acids is 3. The summed E-state index contributed by atoms with van der Waals surface area (Å²) in [5, 5.41) is 0. The predicted molar refractivity (Wildman–Crippen MR) is 107 cm³/mol. The average molecular weight is 453 g/mol. The normalized spacial score (nSPS) is 54.4. The van der Waals surface area contributed by atoms with Crippen LogP contribution in [-0.2, 0) is 42.8 Å². The van der Waals surface area contributed by atoms with Gasteiger partial charge >= 0.3 is 17.9 Å². The lowest BCUT2D eigenvalue weighted by molar-refractivity contribution is -0.244. The van der Waals surface area contributed by atoms with E-state index in [0.717, 1.165) is 0 Å². The Kier molecular flexibility index (Phi) is 4.04. The first-order chi connectivity index (χ1) is 14.5. The van der Waals surface area contributed by atoms with Crippen LogP contribution in [0.1, 0.15) is 48.0 Å². The van der Waals surface area contributed by atoms with Crippen molar-refractivity contribution in [1.82, 2.24) is 0 Å². The topological polar surface area (TPSA) is 107 Å². The molecule has 2 spiro atoms. The van der Waals surface area contributed by atoms with Crippen molar-refractivity contribution in [2.75, 3.05) is 14.2 Å². The molecule has 4 saturated heterocycles. The van der Waals surface area contributed by atoms with Gasteiger partial charge in [0.25, 0.3) is 0 Å². The molecule has 0 bridgehead atoms. The first-order valence-electron chi connectivity index (χ1n) is 10.9. The van der Waals surface area contributed by atoms with Gasteiger partial charge in [-0.15, -0.1) is 0 Å². The number of ether oxygens (including phenoxy) is 6. The van der Waals surface area contributed by atoms with E-state index in [1.165, 1.54) is 14.2 Å². The number of hydrogen-bond donors (Lipinski definition) is 0. The molecule has 0 aromatic rings. The zero-order valence-electron chi connectivity index (χ0n) is 18.6. The minimum Gasteiger partial charge on any atom is -0.459 e. The fourth-order valence-electron chi connectivity index (χ4n) is 8.75. The van der Waals surface area contributed by atoms with Crippen molar-refractivity contribution >= 4 is 17.9 Å². The first-order valence-corrected chi connectivity index (χ1v) is 10.9. The van der Waals surface area contributed by atoms with Crippen LogP contribution in [0.25, 0.3) is 0 Å². The monoisotopic (exact) mass is 452 g/mol. The molecule has 9 nitrogen and oxygen atoms in total. The molecule has 0 aromatic carbocycles. The van der Waals surface area contributed by atoms with Crippen molar-refractivity contribution in [2.24, 2.45) is 28.1 Å². The van der Waals surface area contributed by atoms with Crippen LogP contribution in [-0.4, -0.2) is 67.9 Å². The van der Waals surface area contributed by atoms with Crippen LogP contribution in [0.5, 0.6) is 0 Å². The third-order valence-electron chi connectivity index (χ3n) is 9.47. The Morgan fingerprint density at radius 2 is 1.69 bits per heavy atom. The lowest BCUT2D eigenvalue weighted by Gasteiger charge is -2.47. The zero-order chi connectivity index (χ0) is 22.4. The van der Waals surface area contributed by atoms with E-state index in [-0.39, 0.29) is 25.2 Å². The molecule has 6 rings (SSSR count). The molecule has 4 aliphatic heterocycles. The molecular formula is C23H32O9. The highest BCUT2D eigenvalue weighted by Crippen LogP contribution is 2.85. The smallest absolute Gasteiger partial charge is 0.342 e. The number of carbonyl (C=O) groups is 3. The second-order valence-electron chi connectivity index (χ2n) is 11.0. The zero-order valence-corrected chi connectivity index (χ0v) is 18.6. The highest BCUT2D eigenvalue weighted by Gasteiger charge is 3.01. The van der Waals surface area contributed by atoms with Crippen molar-refractivity contribution in [2.45, 2.75) is 83.8 Å². The minimum absolute atomic E-state index is 0. The van der Waals surface area contributed by atoms with Crippen LogP contribution < -0.4 is 0 Å². The first kappa shape index (κ1) is 22.1. The van der Waals surface area contributed by atoms with Gasteiger partial charge in [-0.3, -0.25) is 4.79 Å². The van der Waals surface area contributed by atoms with Crippen molar-refractivity contribution in [3.8, 4) is 0 Å². The maximum absolute atomic E-state index is 13.7. The molecule has 6 fully saturated rings. The van der Waals surface area contributed by atoms with Crippen LogP contribution in [0.4, 0.5) is 0 Å². The third-order valence-corrected chi connectivity index (χ3v) is 9.47. The molecular weight excluding hydrogens is 420 g/mol. The quantitative estimate of drug-likeness (QED) is 0.456. The van der Waals surface area contributed by atoms with Crippen LogP contribution in [0.3, 0.4) is 0 Å². The molecule has 32 heavy (non-hydrogen) atoms. The van der Waals surface area contributed by atoms with Crippen molar-refractivity contribution in [1.29, 1.82) is 0 Å². The average Bonchev–Trinajstić information content (AvgIpc) is 3.39. The second-order valence-corrected chi connectivity index (χ2v) is 11.0. The van der Waals surface area contributed by atoms with Crippen LogP contribution in [0, 0.1) is 28.1 Å². The summed E-state index contributed by atoms with van der Waals surface area (Å²) in [7, 11) is 2.95. The third kappa shape index (κ3) is 1.67. The lowest BCUT2D eigenvalue weighted by Crippen LogP contribution is -2.67. The molecule has 0 radical (unpaired) electrons. The van der Waals surface area contributed by atoms with Gasteiger partial charge in [0, 0.05) is 20.6 Å². The Morgan fingerprint density at radius 3 is 2.28 bits per heavy atom. The molecule has 178 valence electrons. The number of fused-ring (bicyclic) bond motifs is 1. The summed E-state index contributed by atoms with van der Waals surface area (Å²) in [6.45, 7) is 8.00. The summed E-state index contributed by atoms with van der Waals surface area (Å²) in [4.78, 5) is 39.3. The molecule has 6 aliphatic rings. The number of rotatable bonds is 2. The highest BCUT2D eigenvalue weighted by atomic mass is 16.8. The summed E-state index contributed by atoms with van der Waals surface area (Å²) in [5.74, 6) is -2.38. The second kappa shape index (κ2) is 5.85. The van der Waals surface area contributed by atoms with Gasteiger partial charge in [0.2, 0.25) is 11.9 Å². The van der Waals surface area contributed by atoms with Gasteiger partial charge in [-0.05, 0) is 24.7 Å². The van der Waals surface area contributed by atoms with E-state index in [9.17, 15) is 14.4 Å². The number of hydrogen-bond acceptors (Lipinski definition) is 9. The van der Waals surface area contributed by atoms with Crippen LogP contribution in [0.2, 0.25) is 0 Å². The highest BCUT2D eigenvalue weighted by molar-refractivity contribution is 5.93. The van der Waals surface area contributed by atoms with Gasteiger partial charge in [0.15, 0.2) is 11.7 Å². The van der Waals surface area contributed by atoms with Crippen LogP contribution >= 0.6 is 0 Å². The van der Waals surface area contributed by atoms with E-state index >= 15 is 0 Å². The molecule has 4 heterocycles. The van der Waals surface area contributed by atoms with Crippen molar-refractivity contribution in [3.63, 3.8) is 0 Å². The standard InChI is InChI=1S/C22H28O9.CH4/c1-9-14(23)28-12-8-19-11-7-10(18(2,3)4)20(19)13(26-5)15(24)30-17(20)31-22(19,16(25)29-11)21(9,12)27-6;/h9-13,17H,7-8H2,1-6H3;1H4/t9-,10+,11?,12?,13+,17+,19?,20?,21-,22-;/m1./s1. The van der Waals surface area contributed by atoms with Crippen molar-refractivity contribution in [3.05, 3.63) is 0 Å². The van der Waals surface area contributed by atoms with Gasteiger partial charge in [-0.2, -0.15) is 0 Å². The Balaban J connectivity index is 0.00000216. The van der Waals surface area contributed by atoms with E-state index in [1.54, 1.807) is 6.92 Å². The molecule has 2 saturated carbocycles. The molecule has 0 N–H and O–H groups in total. The van der Waals surface area contributed by atoms with Gasteiger partial charge in [-0.25, -0.2) is 9.59 Å². The largest absolute Gasteiger partial charge is 0.459 e. The Morgan fingerprint density at radius 1 is 1.00 bits per heavy atom. The van der Waals surface area contributed by atoms with Gasteiger partial charge < -0.3 is 28.4 Å². The fraction of sp³-hybridized carbons (Fsp3) is 0.870. The Hall–Kier alpha value is -1.71. The lowest BCUT2D eigenvalue weighted by atomic mass is 9.51. The van der Waals surface area contributed by atoms with E-state index in [0.29, 0.717) is 6.42 Å². The summed E-state index contributed by atoms with van der Waals surface area (Å²) in [6.07, 6.45) is -2.32. The van der Waals surface area contributed by atoms with Crippen molar-refractivity contribution < 1.29 is 42.8 Å². The Bertz CT molecular complexity index is 925. The fourth-order valence-corrected chi connectivity index (χ4v) is 8.75. The van der Waals surface area contributed by atoms with E-state index in [2.05, 4.69) is 20.8 Å². The Labute approximate surface area is 187 Å². The van der Waals surface area contributed by atoms with E-state index < -0.39 is 70.5 Å². The molecule has 2 aliphatic carbocycles. The summed E-state index contributed by atoms with van der Waals surface area (Å²) >= 11 is 0. The van der Waals surface area contributed by atoms with E-state index in [4.69, 9.17) is 28.4 Å². The molecule has 10 atom stereocenters.